The summed E-state index contributed by atoms with van der Waals surface area (Å²) >= 11 is 0. The number of hydrogen-bond acceptors (Lipinski definition) is 15. The van der Waals surface area contributed by atoms with Gasteiger partial charge in [-0.1, -0.05) is 194 Å². The minimum absolute atomic E-state index is 0. The van der Waals surface area contributed by atoms with Crippen molar-refractivity contribution in [2.24, 2.45) is 0 Å². The lowest BCUT2D eigenvalue weighted by Crippen LogP contribution is -3.00. The summed E-state index contributed by atoms with van der Waals surface area (Å²) in [5, 5.41) is 0. The van der Waals surface area contributed by atoms with E-state index in [4.69, 9.17) is 25.3 Å². The second-order valence-corrected chi connectivity index (χ2v) is 24.0. The van der Waals surface area contributed by atoms with Crippen LogP contribution < -0.4 is 12.4 Å². The van der Waals surface area contributed by atoms with E-state index in [1.165, 1.54) is 58.8 Å². The van der Waals surface area contributed by atoms with E-state index in [0.29, 0.717) is 32.2 Å². The van der Waals surface area contributed by atoms with E-state index < -0.39 is 53.4 Å². The summed E-state index contributed by atoms with van der Waals surface area (Å²) in [7, 11) is -14.5. The van der Waals surface area contributed by atoms with E-state index in [9.17, 15) is 35.5 Å². The topological polar surface area (TPSA) is 266 Å². The molecule has 0 spiro atoms. The van der Waals surface area contributed by atoms with Gasteiger partial charge in [0.25, 0.3) is 0 Å². The minimum Gasteiger partial charge on any atom is -1.00 e. The third kappa shape index (κ3) is 32.6. The second kappa shape index (κ2) is 40.7. The molecule has 22 heteroatoms. The first-order valence-corrected chi connectivity index (χ1v) is 32.4. The average molecular weight is 1290 g/mol. The Morgan fingerprint density at radius 3 is 1.23 bits per heavy atom. The summed E-state index contributed by atoms with van der Waals surface area (Å²) in [6.45, 7) is 14.7. The molecule has 0 saturated carbocycles. The van der Waals surface area contributed by atoms with Crippen molar-refractivity contribution in [3.63, 3.8) is 0 Å². The Bertz CT molecular complexity index is 3660. The predicted molar refractivity (Wildman–Crippen MR) is 335 cm³/mol. The lowest BCUT2D eigenvalue weighted by atomic mass is 9.81. The highest BCUT2D eigenvalue weighted by Crippen LogP contribution is 2.41. The number of hydrogen-bond donors (Lipinski definition) is 0. The normalized spacial score (nSPS) is 13.6. The molecule has 7 rings (SSSR count). The number of carbonyl (C=O) groups is 2. The van der Waals surface area contributed by atoms with E-state index in [0.717, 1.165) is 25.1 Å². The minimum atomic E-state index is -4.16. The molecule has 0 atom stereocenters. The number of ether oxygens (including phenoxy) is 1. The van der Waals surface area contributed by atoms with E-state index in [1.54, 1.807) is 0 Å². The van der Waals surface area contributed by atoms with Crippen molar-refractivity contribution in [3.05, 3.63) is 234 Å². The number of nitrogens with zero attached hydrogens (tertiary/aromatic N) is 2. The maximum atomic E-state index is 10.9. The van der Waals surface area contributed by atoms with Crippen LogP contribution in [-0.2, 0) is 79.5 Å². The smallest absolute Gasteiger partial charge is 0.425 e. The summed E-state index contributed by atoms with van der Waals surface area (Å²) in [5.74, 6) is -1.71. The molecule has 2 aliphatic heterocycles. The lowest BCUT2D eigenvalue weighted by molar-refractivity contribution is -0.439. The molecule has 87 heavy (non-hydrogen) atoms. The number of benzene rings is 5. The number of fused-ring (bicyclic) bond motifs is 2. The Kier molecular flexibility index (Phi) is 36.2. The number of esters is 2. The lowest BCUT2D eigenvalue weighted by Gasteiger charge is -2.15. The van der Waals surface area contributed by atoms with Gasteiger partial charge in [0.2, 0.25) is 11.4 Å². The largest absolute Gasteiger partial charge is 1.00 e. The molecule has 2 aliphatic rings. The van der Waals surface area contributed by atoms with Gasteiger partial charge in [-0.05, 0) is 70.1 Å². The van der Waals surface area contributed by atoms with Gasteiger partial charge in [0, 0.05) is 74.5 Å². The first-order valence-electron chi connectivity index (χ1n) is 27.2. The van der Waals surface area contributed by atoms with Gasteiger partial charge in [-0.25, -0.2) is 16.8 Å². The van der Waals surface area contributed by atoms with Crippen LogP contribution in [0.2, 0.25) is 0 Å². The molecule has 5 aromatic rings. The Labute approximate surface area is 522 Å². The summed E-state index contributed by atoms with van der Waals surface area (Å²) < 4.78 is 124. The van der Waals surface area contributed by atoms with Crippen molar-refractivity contribution in [1.29, 1.82) is 0 Å². The van der Waals surface area contributed by atoms with Gasteiger partial charge in [-0.2, -0.15) is 9.15 Å². The monoisotopic (exact) mass is 1290 g/mol. The fraction of sp³-hybridized carbons (Fsp3) is 0.292. The second-order valence-electron chi connectivity index (χ2n) is 20.1. The van der Waals surface area contributed by atoms with Crippen LogP contribution in [0, 0.1) is 0 Å². The molecule has 0 N–H and O–H groups in total. The van der Waals surface area contributed by atoms with Crippen LogP contribution in [0.1, 0.15) is 102 Å². The van der Waals surface area contributed by atoms with Gasteiger partial charge in [0.15, 0.2) is 11.4 Å². The molecule has 2 heterocycles. The quantitative estimate of drug-likeness (QED) is 0.0179. The van der Waals surface area contributed by atoms with Crippen molar-refractivity contribution in [2.75, 3.05) is 24.6 Å². The van der Waals surface area contributed by atoms with Crippen LogP contribution >= 0.6 is 0 Å². The first-order chi connectivity index (χ1) is 40.6. The number of allylic oxidation sites excluding steroid dienone is 11. The summed E-state index contributed by atoms with van der Waals surface area (Å²) in [4.78, 5) is 19.6. The highest BCUT2D eigenvalue weighted by Gasteiger charge is 2.44. The van der Waals surface area contributed by atoms with Gasteiger partial charge < -0.3 is 26.2 Å². The fourth-order valence-corrected chi connectivity index (χ4v) is 9.96. The van der Waals surface area contributed by atoms with Gasteiger partial charge in [-0.3, -0.25) is 9.59 Å². The zero-order valence-electron chi connectivity index (χ0n) is 49.8. The first kappa shape index (κ1) is 77.4. The summed E-state index contributed by atoms with van der Waals surface area (Å²) in [6, 6.07) is 47.7. The number of carbonyl (C=O) groups excluding carboxylic acids is 2. The van der Waals surface area contributed by atoms with E-state index >= 15 is 0 Å². The molecule has 0 amide bonds. The predicted octanol–water partition coefficient (Wildman–Crippen LogP) is 7.85. The molecule has 0 radical (unpaired) electrons. The van der Waals surface area contributed by atoms with Crippen LogP contribution in [0.15, 0.2) is 206 Å². The zero-order chi connectivity index (χ0) is 64.2. The van der Waals surface area contributed by atoms with Gasteiger partial charge in [-0.15, -0.1) is 25.3 Å². The Morgan fingerprint density at radius 1 is 0.483 bits per heavy atom. The van der Waals surface area contributed by atoms with Crippen LogP contribution in [0.5, 0.6) is 0 Å². The van der Waals surface area contributed by atoms with Gasteiger partial charge in [0.1, 0.15) is 13.1 Å². The van der Waals surface area contributed by atoms with Crippen molar-refractivity contribution in [1.82, 2.24) is 0 Å². The molecule has 17 nitrogen and oxygen atoms in total. The SMILES string of the molecule is C(=C\C=C\c1ccccc1)/C=C/Cc1ccccc1.CC(=O)OC(C)=O.CC1(C)C(/C=C/C=C/C=C/Cc2ccccc2)=[N+](CCCCS(=O)(=O)[O-])c2ccccc21.CC1=[N+](CCCCS(=O)(=O)[O-])c2ccccc2C1(C)C.O=S(=O)=O.O=S(=O)=O.[Cl-]. The summed E-state index contributed by atoms with van der Waals surface area (Å²) in [5.41, 5.74) is 11.0. The molecule has 0 unspecified atom stereocenters. The van der Waals surface area contributed by atoms with E-state index in [2.05, 4.69) is 176 Å². The Morgan fingerprint density at radius 2 is 0.828 bits per heavy atom. The highest BCUT2D eigenvalue weighted by atomic mass is 35.5. The zero-order valence-corrected chi connectivity index (χ0v) is 53.8. The van der Waals surface area contributed by atoms with Crippen molar-refractivity contribution in [3.8, 4) is 0 Å². The van der Waals surface area contributed by atoms with Crippen LogP contribution in [0.25, 0.3) is 6.08 Å². The van der Waals surface area contributed by atoms with Crippen molar-refractivity contribution in [2.45, 2.75) is 97.8 Å². The molecular formula is C65H76ClN2O15S4-. The maximum absolute atomic E-state index is 10.9. The van der Waals surface area contributed by atoms with Crippen LogP contribution in [0.4, 0.5) is 11.4 Å². The molecule has 0 aliphatic carbocycles. The molecule has 5 aromatic carbocycles. The number of rotatable bonds is 20. The number of unbranched alkanes of at least 4 members (excludes halogenated alkanes) is 2. The molecule has 0 saturated heterocycles. The molecule has 0 bridgehead atoms. The molecule has 468 valence electrons. The van der Waals surface area contributed by atoms with Gasteiger partial charge >= 0.3 is 33.2 Å². The van der Waals surface area contributed by atoms with Crippen molar-refractivity contribution >= 4 is 82.3 Å². The van der Waals surface area contributed by atoms with Crippen molar-refractivity contribution < 1.29 is 87.1 Å². The third-order valence-electron chi connectivity index (χ3n) is 13.0. The van der Waals surface area contributed by atoms with E-state index in [-0.39, 0.29) is 34.7 Å². The van der Waals surface area contributed by atoms with Crippen LogP contribution in [0.3, 0.4) is 0 Å². The van der Waals surface area contributed by atoms with E-state index in [1.807, 2.05) is 85.0 Å². The maximum Gasteiger partial charge on any atom is 0.425 e. The third-order valence-corrected chi connectivity index (χ3v) is 14.6. The molecule has 0 fully saturated rings. The highest BCUT2D eigenvalue weighted by molar-refractivity contribution is 7.85. The molecular weight excluding hydrogens is 1210 g/mol. The van der Waals surface area contributed by atoms with Crippen LogP contribution in [-0.4, -0.2) is 108 Å². The number of halogens is 1. The fourth-order valence-electron chi connectivity index (χ4n) is 8.85. The van der Waals surface area contributed by atoms with Gasteiger partial charge in [0.05, 0.1) is 31.1 Å². The Hall–Kier alpha value is -7.63. The Balaban J connectivity index is 0.000000597. The summed E-state index contributed by atoms with van der Waals surface area (Å²) in [6.07, 6.45) is 28.9. The molecule has 0 aromatic heterocycles. The average Bonchev–Trinajstić information content (AvgIpc) is 1.69. The standard InChI is InChI=1S/C27H31NO3S.C19H18.C15H21NO3S.C4H6O3.ClH.2O3S/c1-27(2)24-18-11-12-19-25(24)28(21-13-14-22-32(29,30)31)26(27)20-10-5-3-4-7-15-23-16-8-6-9-17-23;1(2-6-12-18-14-8-4-9-15-18)3-7-13-19-16-10-5-11-17-19;1-12-15(2,3)13-8-4-5-9-14(13)16(12)10-6-7-11-20(17,18)19;1-3(5)7-4(2)6;;2*1-4(2)3/h3-12,16-20H,13-15,21-22H2,1-2H3;1-12,14-17H,13H2;4-5,8-9H,6-7,10-11H2,1-3H3;1-2H3;1H;;/p-1/b5-3+,7-4+,20-10+;2-1+,7-3+,12-6+;;;;;. The number of para-hydroxylation sites is 2.